The molecule has 1 aromatic rings. The molecular weight excluding hydrogens is 276 g/mol. The first kappa shape index (κ1) is 16.9. The number of aliphatic hydroxyl groups excluding tert-OH is 2. The third kappa shape index (κ3) is 3.13. The number of aliphatic hydroxyl groups is 2. The van der Waals surface area contributed by atoms with Crippen molar-refractivity contribution in [2.75, 3.05) is 13.2 Å². The van der Waals surface area contributed by atoms with E-state index in [1.807, 2.05) is 23.5 Å². The Bertz CT molecular complexity index is 452. The smallest absolute Gasteiger partial charge is 0.0749 e. The van der Waals surface area contributed by atoms with E-state index in [1.54, 1.807) is 0 Å². The predicted molar refractivity (Wildman–Crippen MR) is 85.2 cm³/mol. The molecule has 4 heteroatoms. The standard InChI is InChI=1S/C14H20O2S2.CH4/c1-9-8-12-13(11(3)10(9)2)18-14(17-12,4-6-15)5-7-16;/h8,15-16H,4-7H2,1-3H3;1H4. The summed E-state index contributed by atoms with van der Waals surface area (Å²) in [6.45, 7) is 6.82. The molecule has 0 aromatic heterocycles. The lowest BCUT2D eigenvalue weighted by molar-refractivity contribution is 0.254. The second-order valence-corrected chi connectivity index (χ2v) is 7.91. The molecule has 0 fully saturated rings. The molecule has 0 spiro atoms. The first-order valence-electron chi connectivity index (χ1n) is 6.23. The fourth-order valence-electron chi connectivity index (χ4n) is 2.30. The Morgan fingerprint density at radius 1 is 1.00 bits per heavy atom. The molecule has 108 valence electrons. The summed E-state index contributed by atoms with van der Waals surface area (Å²) in [7, 11) is 0. The van der Waals surface area contributed by atoms with Gasteiger partial charge in [0, 0.05) is 23.0 Å². The third-order valence-electron chi connectivity index (χ3n) is 3.64. The van der Waals surface area contributed by atoms with Crippen molar-refractivity contribution < 1.29 is 10.2 Å². The van der Waals surface area contributed by atoms with Crippen LogP contribution in [0, 0.1) is 20.8 Å². The maximum atomic E-state index is 9.27. The highest BCUT2D eigenvalue weighted by Gasteiger charge is 2.39. The van der Waals surface area contributed by atoms with Crippen molar-refractivity contribution in [1.82, 2.24) is 0 Å². The highest BCUT2D eigenvalue weighted by atomic mass is 32.2. The Morgan fingerprint density at radius 2 is 1.58 bits per heavy atom. The van der Waals surface area contributed by atoms with Crippen LogP contribution in [0.5, 0.6) is 0 Å². The van der Waals surface area contributed by atoms with Crippen molar-refractivity contribution in [3.8, 4) is 0 Å². The van der Waals surface area contributed by atoms with Crippen molar-refractivity contribution in [1.29, 1.82) is 0 Å². The van der Waals surface area contributed by atoms with E-state index in [4.69, 9.17) is 0 Å². The highest BCUT2D eigenvalue weighted by molar-refractivity contribution is 8.20. The van der Waals surface area contributed by atoms with E-state index in [2.05, 4.69) is 26.8 Å². The van der Waals surface area contributed by atoms with E-state index in [0.29, 0.717) is 0 Å². The molecule has 0 unspecified atom stereocenters. The van der Waals surface area contributed by atoms with Crippen LogP contribution in [-0.4, -0.2) is 27.5 Å². The molecule has 1 aliphatic heterocycles. The van der Waals surface area contributed by atoms with Crippen molar-refractivity contribution in [2.45, 2.75) is 54.9 Å². The topological polar surface area (TPSA) is 40.5 Å². The first-order chi connectivity index (χ1) is 8.53. The van der Waals surface area contributed by atoms with Gasteiger partial charge in [0.05, 0.1) is 4.08 Å². The minimum Gasteiger partial charge on any atom is -0.396 e. The van der Waals surface area contributed by atoms with Gasteiger partial charge in [0.1, 0.15) is 0 Å². The summed E-state index contributed by atoms with van der Waals surface area (Å²) in [5, 5.41) is 18.5. The zero-order valence-corrected chi connectivity index (χ0v) is 12.7. The Hall–Kier alpha value is -0.160. The molecular formula is C15H24O2S2. The minimum absolute atomic E-state index is 0. The lowest BCUT2D eigenvalue weighted by atomic mass is 10.0. The second kappa shape index (κ2) is 6.53. The Morgan fingerprint density at radius 3 is 2.11 bits per heavy atom. The number of benzene rings is 1. The van der Waals surface area contributed by atoms with E-state index in [0.717, 1.165) is 12.8 Å². The maximum Gasteiger partial charge on any atom is 0.0749 e. The second-order valence-electron chi connectivity index (χ2n) is 4.83. The molecule has 0 atom stereocenters. The zero-order valence-electron chi connectivity index (χ0n) is 11.1. The van der Waals surface area contributed by atoms with Crippen LogP contribution in [0.4, 0.5) is 0 Å². The largest absolute Gasteiger partial charge is 0.396 e. The fraction of sp³-hybridized carbons (Fsp3) is 0.600. The van der Waals surface area contributed by atoms with Gasteiger partial charge in [0.15, 0.2) is 0 Å². The maximum absolute atomic E-state index is 9.27. The van der Waals surface area contributed by atoms with E-state index >= 15 is 0 Å². The summed E-state index contributed by atoms with van der Waals surface area (Å²) < 4.78 is -0.0865. The molecule has 2 rings (SSSR count). The molecule has 0 amide bonds. The predicted octanol–water partition coefficient (Wildman–Crippen LogP) is 3.91. The van der Waals surface area contributed by atoms with Crippen molar-refractivity contribution >= 4 is 23.5 Å². The summed E-state index contributed by atoms with van der Waals surface area (Å²) in [4.78, 5) is 2.65. The van der Waals surface area contributed by atoms with E-state index in [-0.39, 0.29) is 24.7 Å². The van der Waals surface area contributed by atoms with Crippen LogP contribution in [0.15, 0.2) is 15.9 Å². The zero-order chi connectivity index (χ0) is 13.3. The molecule has 1 aliphatic rings. The highest BCUT2D eigenvalue weighted by Crippen LogP contribution is 2.60. The van der Waals surface area contributed by atoms with Crippen molar-refractivity contribution in [3.05, 3.63) is 22.8 Å². The van der Waals surface area contributed by atoms with E-state index in [1.165, 1.54) is 26.5 Å². The lowest BCUT2D eigenvalue weighted by Crippen LogP contribution is -2.20. The Balaban J connectivity index is 0.00000180. The van der Waals surface area contributed by atoms with Crippen molar-refractivity contribution in [2.24, 2.45) is 0 Å². The number of fused-ring (bicyclic) bond motifs is 1. The van der Waals surface area contributed by atoms with Crippen LogP contribution in [0.1, 0.15) is 37.0 Å². The van der Waals surface area contributed by atoms with Crippen LogP contribution in [0.2, 0.25) is 0 Å². The average Bonchev–Trinajstić information content (AvgIpc) is 2.66. The molecule has 1 heterocycles. The van der Waals surface area contributed by atoms with E-state index < -0.39 is 0 Å². The molecule has 0 bridgehead atoms. The SMILES string of the molecule is C.Cc1cc2c(c(C)c1C)SC(CCO)(CCO)S2. The molecule has 0 saturated heterocycles. The summed E-state index contributed by atoms with van der Waals surface area (Å²) in [5.74, 6) is 0. The monoisotopic (exact) mass is 300 g/mol. The number of thioether (sulfide) groups is 2. The number of rotatable bonds is 4. The van der Waals surface area contributed by atoms with Gasteiger partial charge < -0.3 is 10.2 Å². The van der Waals surface area contributed by atoms with Gasteiger partial charge in [-0.15, -0.1) is 23.5 Å². The van der Waals surface area contributed by atoms with Gasteiger partial charge in [0.25, 0.3) is 0 Å². The molecule has 2 nitrogen and oxygen atoms in total. The van der Waals surface area contributed by atoms with Crippen LogP contribution in [0.25, 0.3) is 0 Å². The number of aryl methyl sites for hydroxylation is 1. The number of hydrogen-bond donors (Lipinski definition) is 2. The number of hydrogen-bond acceptors (Lipinski definition) is 4. The fourth-order valence-corrected chi connectivity index (χ4v) is 5.73. The normalized spacial score (nSPS) is 16.1. The van der Waals surface area contributed by atoms with Crippen LogP contribution < -0.4 is 0 Å². The van der Waals surface area contributed by atoms with Gasteiger partial charge in [0.2, 0.25) is 0 Å². The average molecular weight is 300 g/mol. The van der Waals surface area contributed by atoms with Gasteiger partial charge in [-0.25, -0.2) is 0 Å². The van der Waals surface area contributed by atoms with E-state index in [9.17, 15) is 10.2 Å². The molecule has 0 radical (unpaired) electrons. The lowest BCUT2D eigenvalue weighted by Gasteiger charge is -2.25. The Labute approximate surface area is 125 Å². The van der Waals surface area contributed by atoms with Crippen LogP contribution in [-0.2, 0) is 0 Å². The van der Waals surface area contributed by atoms with Gasteiger partial charge in [-0.05, 0) is 56.4 Å². The molecule has 1 aromatic carbocycles. The Kier molecular flexibility index (Phi) is 5.80. The van der Waals surface area contributed by atoms with Gasteiger partial charge in [-0.3, -0.25) is 0 Å². The summed E-state index contributed by atoms with van der Waals surface area (Å²) >= 11 is 3.64. The molecule has 19 heavy (non-hydrogen) atoms. The summed E-state index contributed by atoms with van der Waals surface area (Å²) in [5.41, 5.74) is 4.02. The summed E-state index contributed by atoms with van der Waals surface area (Å²) in [6, 6.07) is 2.24. The third-order valence-corrected chi connectivity index (χ3v) is 7.10. The van der Waals surface area contributed by atoms with Crippen LogP contribution >= 0.6 is 23.5 Å². The van der Waals surface area contributed by atoms with Gasteiger partial charge >= 0.3 is 0 Å². The molecule has 2 N–H and O–H groups in total. The quantitative estimate of drug-likeness (QED) is 0.884. The minimum atomic E-state index is -0.0865. The van der Waals surface area contributed by atoms with Gasteiger partial charge in [-0.2, -0.15) is 0 Å². The van der Waals surface area contributed by atoms with Gasteiger partial charge in [-0.1, -0.05) is 7.43 Å². The molecule has 0 saturated carbocycles. The van der Waals surface area contributed by atoms with Crippen molar-refractivity contribution in [3.63, 3.8) is 0 Å². The molecule has 0 aliphatic carbocycles. The van der Waals surface area contributed by atoms with Crippen LogP contribution in [0.3, 0.4) is 0 Å². The first-order valence-corrected chi connectivity index (χ1v) is 7.87. The summed E-state index contributed by atoms with van der Waals surface area (Å²) in [6.07, 6.45) is 1.43.